The molecule has 2 aliphatic carbocycles. The van der Waals surface area contributed by atoms with Gasteiger partial charge in [0, 0.05) is 5.54 Å². The van der Waals surface area contributed by atoms with Gasteiger partial charge in [0.15, 0.2) is 0 Å². The largest absolute Gasteiger partial charge is 0.490 e. The minimum Gasteiger partial charge on any atom is -0.490 e. The zero-order valence-electron chi connectivity index (χ0n) is 11.0. The summed E-state index contributed by atoms with van der Waals surface area (Å²) in [4.78, 5) is 0. The third kappa shape index (κ3) is 2.39. The molecule has 3 rings (SSSR count). The van der Waals surface area contributed by atoms with Crippen LogP contribution in [0.4, 0.5) is 0 Å². The molecule has 0 unspecified atom stereocenters. The van der Waals surface area contributed by atoms with Crippen LogP contribution in [0.15, 0.2) is 24.3 Å². The Kier molecular flexibility index (Phi) is 3.29. The molecule has 2 nitrogen and oxygen atoms in total. The van der Waals surface area contributed by atoms with Crippen molar-refractivity contribution in [2.75, 3.05) is 0 Å². The lowest BCUT2D eigenvalue weighted by molar-refractivity contribution is 0.210. The second-order valence-electron chi connectivity index (χ2n) is 5.91. The van der Waals surface area contributed by atoms with Crippen LogP contribution in [0.2, 0.25) is 0 Å². The van der Waals surface area contributed by atoms with Crippen molar-refractivity contribution in [1.29, 1.82) is 0 Å². The first kappa shape index (κ1) is 12.0. The van der Waals surface area contributed by atoms with Gasteiger partial charge in [-0.3, -0.25) is 0 Å². The minimum absolute atomic E-state index is 0.0775. The van der Waals surface area contributed by atoms with Crippen LogP contribution < -0.4 is 10.5 Å². The molecule has 0 spiro atoms. The fourth-order valence-corrected chi connectivity index (χ4v) is 3.36. The molecule has 0 saturated heterocycles. The summed E-state index contributed by atoms with van der Waals surface area (Å²) in [5.74, 6) is 1.01. The standard InChI is InChI=1S/C16H23NO/c17-16(11-3-4-12-16)13-7-9-15(10-8-13)18-14-5-1-2-6-14/h7-10,14H,1-6,11-12,17H2. The second kappa shape index (κ2) is 4.93. The van der Waals surface area contributed by atoms with Crippen molar-refractivity contribution in [3.63, 3.8) is 0 Å². The average molecular weight is 245 g/mol. The van der Waals surface area contributed by atoms with E-state index >= 15 is 0 Å². The maximum atomic E-state index is 6.45. The lowest BCUT2D eigenvalue weighted by Gasteiger charge is -2.24. The summed E-state index contributed by atoms with van der Waals surface area (Å²) >= 11 is 0. The molecular formula is C16H23NO. The molecule has 2 saturated carbocycles. The Bertz CT molecular complexity index is 386. The normalized spacial score (nSPS) is 23.4. The van der Waals surface area contributed by atoms with Gasteiger partial charge < -0.3 is 10.5 Å². The third-order valence-electron chi connectivity index (χ3n) is 4.53. The van der Waals surface area contributed by atoms with E-state index in [9.17, 15) is 0 Å². The lowest BCUT2D eigenvalue weighted by atomic mass is 9.89. The van der Waals surface area contributed by atoms with Crippen molar-refractivity contribution < 1.29 is 4.74 Å². The summed E-state index contributed by atoms with van der Waals surface area (Å²) in [6.07, 6.45) is 10.3. The van der Waals surface area contributed by atoms with E-state index in [1.54, 1.807) is 0 Å². The summed E-state index contributed by atoms with van der Waals surface area (Å²) in [5, 5.41) is 0. The molecule has 0 aromatic heterocycles. The molecule has 1 aromatic rings. The van der Waals surface area contributed by atoms with Gasteiger partial charge in [-0.25, -0.2) is 0 Å². The molecule has 2 fully saturated rings. The Morgan fingerprint density at radius 1 is 0.944 bits per heavy atom. The number of benzene rings is 1. The molecule has 0 atom stereocenters. The summed E-state index contributed by atoms with van der Waals surface area (Å²) in [6, 6.07) is 8.52. The monoisotopic (exact) mass is 245 g/mol. The topological polar surface area (TPSA) is 35.2 Å². The minimum atomic E-state index is -0.0775. The van der Waals surface area contributed by atoms with Crippen LogP contribution in [-0.2, 0) is 5.54 Å². The maximum Gasteiger partial charge on any atom is 0.119 e. The van der Waals surface area contributed by atoms with Gasteiger partial charge in [0.05, 0.1) is 6.10 Å². The first-order valence-corrected chi connectivity index (χ1v) is 7.32. The van der Waals surface area contributed by atoms with Gasteiger partial charge in [-0.1, -0.05) is 25.0 Å². The fraction of sp³-hybridized carbons (Fsp3) is 0.625. The molecule has 0 bridgehead atoms. The van der Waals surface area contributed by atoms with Crippen LogP contribution in [0.1, 0.15) is 56.9 Å². The smallest absolute Gasteiger partial charge is 0.119 e. The Morgan fingerprint density at radius 3 is 2.17 bits per heavy atom. The van der Waals surface area contributed by atoms with E-state index in [2.05, 4.69) is 24.3 Å². The van der Waals surface area contributed by atoms with Crippen LogP contribution in [-0.4, -0.2) is 6.10 Å². The Hall–Kier alpha value is -1.02. The SMILES string of the molecule is NC1(c2ccc(OC3CCCC3)cc2)CCCC1. The average Bonchev–Trinajstić information content (AvgIpc) is 3.03. The molecule has 0 heterocycles. The summed E-state index contributed by atoms with van der Waals surface area (Å²) in [6.45, 7) is 0. The molecule has 98 valence electrons. The van der Waals surface area contributed by atoms with E-state index in [1.165, 1.54) is 44.1 Å². The highest BCUT2D eigenvalue weighted by molar-refractivity contribution is 5.32. The molecule has 2 aliphatic rings. The molecule has 18 heavy (non-hydrogen) atoms. The third-order valence-corrected chi connectivity index (χ3v) is 4.53. The van der Waals surface area contributed by atoms with Crippen molar-refractivity contribution in [3.05, 3.63) is 29.8 Å². The van der Waals surface area contributed by atoms with Crippen molar-refractivity contribution >= 4 is 0 Å². The lowest BCUT2D eigenvalue weighted by Crippen LogP contribution is -2.32. The second-order valence-corrected chi connectivity index (χ2v) is 5.91. The first-order valence-electron chi connectivity index (χ1n) is 7.32. The molecule has 2 heteroatoms. The van der Waals surface area contributed by atoms with E-state index in [-0.39, 0.29) is 5.54 Å². The Morgan fingerprint density at radius 2 is 1.56 bits per heavy atom. The fourth-order valence-electron chi connectivity index (χ4n) is 3.36. The van der Waals surface area contributed by atoms with E-state index in [0.717, 1.165) is 18.6 Å². The highest BCUT2D eigenvalue weighted by atomic mass is 16.5. The number of nitrogens with two attached hydrogens (primary N) is 1. The van der Waals surface area contributed by atoms with Crippen LogP contribution in [0.3, 0.4) is 0 Å². The summed E-state index contributed by atoms with van der Waals surface area (Å²) in [7, 11) is 0. The quantitative estimate of drug-likeness (QED) is 0.880. The van der Waals surface area contributed by atoms with E-state index < -0.39 is 0 Å². The number of rotatable bonds is 3. The molecule has 0 radical (unpaired) electrons. The van der Waals surface area contributed by atoms with Gasteiger partial charge in [0.25, 0.3) is 0 Å². The van der Waals surface area contributed by atoms with E-state index in [1.807, 2.05) is 0 Å². The number of hydrogen-bond donors (Lipinski definition) is 1. The van der Waals surface area contributed by atoms with Gasteiger partial charge in [-0.05, 0) is 56.2 Å². The zero-order valence-corrected chi connectivity index (χ0v) is 11.0. The van der Waals surface area contributed by atoms with Crippen LogP contribution in [0.25, 0.3) is 0 Å². The van der Waals surface area contributed by atoms with E-state index in [4.69, 9.17) is 10.5 Å². The zero-order chi connectivity index (χ0) is 12.4. The highest BCUT2D eigenvalue weighted by Gasteiger charge is 2.31. The Balaban J connectivity index is 1.68. The van der Waals surface area contributed by atoms with Gasteiger partial charge in [0.1, 0.15) is 5.75 Å². The molecule has 0 amide bonds. The molecular weight excluding hydrogens is 222 g/mol. The van der Waals surface area contributed by atoms with Crippen molar-refractivity contribution in [2.24, 2.45) is 5.73 Å². The summed E-state index contributed by atoms with van der Waals surface area (Å²) in [5.41, 5.74) is 7.65. The maximum absolute atomic E-state index is 6.45. The number of hydrogen-bond acceptors (Lipinski definition) is 2. The Labute approximate surface area is 110 Å². The van der Waals surface area contributed by atoms with Crippen molar-refractivity contribution in [1.82, 2.24) is 0 Å². The van der Waals surface area contributed by atoms with Gasteiger partial charge >= 0.3 is 0 Å². The first-order chi connectivity index (χ1) is 8.76. The highest BCUT2D eigenvalue weighted by Crippen LogP contribution is 2.37. The van der Waals surface area contributed by atoms with Crippen LogP contribution in [0, 0.1) is 0 Å². The van der Waals surface area contributed by atoms with Gasteiger partial charge in [0.2, 0.25) is 0 Å². The molecule has 1 aromatic carbocycles. The van der Waals surface area contributed by atoms with Gasteiger partial charge in [-0.2, -0.15) is 0 Å². The summed E-state index contributed by atoms with van der Waals surface area (Å²) < 4.78 is 5.99. The van der Waals surface area contributed by atoms with Crippen LogP contribution >= 0.6 is 0 Å². The number of ether oxygens (including phenoxy) is 1. The van der Waals surface area contributed by atoms with Crippen LogP contribution in [0.5, 0.6) is 5.75 Å². The van der Waals surface area contributed by atoms with E-state index in [0.29, 0.717) is 6.10 Å². The van der Waals surface area contributed by atoms with Crippen molar-refractivity contribution in [3.8, 4) is 5.75 Å². The molecule has 0 aliphatic heterocycles. The molecule has 2 N–H and O–H groups in total. The predicted octanol–water partition coefficient (Wildman–Crippen LogP) is 3.74. The van der Waals surface area contributed by atoms with Gasteiger partial charge in [-0.15, -0.1) is 0 Å². The predicted molar refractivity (Wildman–Crippen MR) is 73.7 cm³/mol. The van der Waals surface area contributed by atoms with Crippen molar-refractivity contribution in [2.45, 2.75) is 63.0 Å².